The quantitative estimate of drug-likeness (QED) is 0.348. The molecule has 0 fully saturated rings. The molecule has 2 aromatic rings. The average molecular weight is 474 g/mol. The Morgan fingerprint density at radius 2 is 1.85 bits per heavy atom. The lowest BCUT2D eigenvalue weighted by atomic mass is 9.97. The number of hydrogen-bond donors (Lipinski definition) is 4. The molecule has 1 aliphatic rings. The molecule has 1 aromatic heterocycles. The molecule has 33 heavy (non-hydrogen) atoms. The van der Waals surface area contributed by atoms with Crippen LogP contribution in [0.25, 0.3) is 0 Å². The Balaban J connectivity index is 1.77. The van der Waals surface area contributed by atoms with Crippen molar-refractivity contribution < 1.29 is 24.6 Å². The van der Waals surface area contributed by atoms with Crippen LogP contribution in [-0.4, -0.2) is 58.1 Å². The Hall–Kier alpha value is -2.75. The molecule has 178 valence electrons. The first-order valence-corrected chi connectivity index (χ1v) is 12.1. The molecule has 3 rings (SSSR count). The van der Waals surface area contributed by atoms with Crippen molar-refractivity contribution in [2.45, 2.75) is 56.7 Å². The summed E-state index contributed by atoms with van der Waals surface area (Å²) >= 11 is 1.50. The second kappa shape index (κ2) is 11.9. The zero-order chi connectivity index (χ0) is 23.8. The number of thiophene rings is 1. The van der Waals surface area contributed by atoms with E-state index >= 15 is 0 Å². The van der Waals surface area contributed by atoms with Crippen LogP contribution in [0.15, 0.2) is 41.8 Å². The van der Waals surface area contributed by atoms with Crippen LogP contribution in [0.3, 0.4) is 0 Å². The lowest BCUT2D eigenvalue weighted by Gasteiger charge is -2.36. The summed E-state index contributed by atoms with van der Waals surface area (Å²) in [4.78, 5) is 40.0. The maximum absolute atomic E-state index is 13.6. The van der Waals surface area contributed by atoms with E-state index in [1.54, 1.807) is 6.07 Å². The number of carboxylic acid groups (broad SMARTS) is 2. The summed E-state index contributed by atoms with van der Waals surface area (Å²) in [7, 11) is 0. The van der Waals surface area contributed by atoms with Crippen molar-refractivity contribution in [3.8, 4) is 0 Å². The molecule has 8 nitrogen and oxygen atoms in total. The fourth-order valence-electron chi connectivity index (χ4n) is 4.27. The molecule has 1 amide bonds. The number of benzene rings is 1. The van der Waals surface area contributed by atoms with Gasteiger partial charge in [-0.25, -0.2) is 4.79 Å². The summed E-state index contributed by atoms with van der Waals surface area (Å²) in [5.74, 6) is -2.49. The van der Waals surface area contributed by atoms with Crippen molar-refractivity contribution >= 4 is 29.2 Å². The van der Waals surface area contributed by atoms with Crippen LogP contribution >= 0.6 is 11.3 Å². The number of nitrogens with one attached hydrogen (secondary N) is 1. The molecule has 2 heterocycles. The SMILES string of the molecule is NCCCC[C@H](N[C@@H](CCc1ccccc1)C(=O)O)C(=O)N1CCc2sccc2[C@H]1C(=O)O. The maximum Gasteiger partial charge on any atom is 0.331 e. The molecule has 9 heteroatoms. The number of amides is 1. The number of carboxylic acids is 2. The molecule has 0 spiro atoms. The van der Waals surface area contributed by atoms with Crippen molar-refractivity contribution in [1.29, 1.82) is 0 Å². The number of unbranched alkanes of at least 4 members (excludes halogenated alkanes) is 1. The van der Waals surface area contributed by atoms with Crippen LogP contribution in [0.2, 0.25) is 0 Å². The monoisotopic (exact) mass is 473 g/mol. The van der Waals surface area contributed by atoms with E-state index in [9.17, 15) is 24.6 Å². The standard InChI is InChI=1S/C24H31N3O5S/c25-13-5-4-8-18(26-19(23(29)30)10-9-16-6-2-1-3-7-16)22(28)27-14-11-20-17(12-15-33-20)21(27)24(31)32/h1-3,6-7,12,15,18-19,21,26H,4-5,8-11,13-14,25H2,(H,29,30)(H,31,32)/t18-,19-,21-/m0/s1. The third-order valence-electron chi connectivity index (χ3n) is 5.99. The number of carbonyl (C=O) groups excluding carboxylic acids is 1. The molecular weight excluding hydrogens is 442 g/mol. The predicted molar refractivity (Wildman–Crippen MR) is 126 cm³/mol. The van der Waals surface area contributed by atoms with E-state index in [0.29, 0.717) is 57.2 Å². The molecule has 0 unspecified atom stereocenters. The van der Waals surface area contributed by atoms with Crippen molar-refractivity contribution in [2.75, 3.05) is 13.1 Å². The highest BCUT2D eigenvalue weighted by atomic mass is 32.1. The zero-order valence-electron chi connectivity index (χ0n) is 18.5. The molecular formula is C24H31N3O5S. The van der Waals surface area contributed by atoms with Gasteiger partial charge in [0.2, 0.25) is 5.91 Å². The summed E-state index contributed by atoms with van der Waals surface area (Å²) < 4.78 is 0. The lowest BCUT2D eigenvalue weighted by Crippen LogP contribution is -2.55. The summed E-state index contributed by atoms with van der Waals surface area (Å²) in [5, 5.41) is 24.6. The molecule has 5 N–H and O–H groups in total. The van der Waals surface area contributed by atoms with Gasteiger partial charge in [-0.2, -0.15) is 0 Å². The number of nitrogens with two attached hydrogens (primary N) is 1. The molecule has 0 radical (unpaired) electrons. The number of hydrogen-bond acceptors (Lipinski definition) is 6. The fourth-order valence-corrected chi connectivity index (χ4v) is 5.17. The van der Waals surface area contributed by atoms with Gasteiger partial charge in [-0.1, -0.05) is 36.8 Å². The number of aryl methyl sites for hydroxylation is 1. The van der Waals surface area contributed by atoms with E-state index in [1.165, 1.54) is 16.2 Å². The van der Waals surface area contributed by atoms with Crippen LogP contribution in [0.1, 0.15) is 47.7 Å². The minimum atomic E-state index is -1.08. The van der Waals surface area contributed by atoms with Crippen LogP contribution in [0, 0.1) is 0 Å². The van der Waals surface area contributed by atoms with Gasteiger partial charge in [-0.3, -0.25) is 14.9 Å². The molecule has 1 aliphatic heterocycles. The first-order chi connectivity index (χ1) is 15.9. The van der Waals surface area contributed by atoms with E-state index in [1.807, 2.05) is 35.7 Å². The smallest absolute Gasteiger partial charge is 0.331 e. The second-order valence-corrected chi connectivity index (χ2v) is 9.24. The number of nitrogens with zero attached hydrogens (tertiary/aromatic N) is 1. The van der Waals surface area contributed by atoms with Gasteiger partial charge in [0.25, 0.3) is 0 Å². The normalized spacial score (nSPS) is 17.2. The van der Waals surface area contributed by atoms with Gasteiger partial charge in [-0.05, 0) is 61.2 Å². The highest BCUT2D eigenvalue weighted by Crippen LogP contribution is 2.34. The van der Waals surface area contributed by atoms with Gasteiger partial charge < -0.3 is 20.8 Å². The van der Waals surface area contributed by atoms with Crippen molar-refractivity contribution in [1.82, 2.24) is 10.2 Å². The van der Waals surface area contributed by atoms with E-state index in [4.69, 9.17) is 5.73 Å². The topological polar surface area (TPSA) is 133 Å². The van der Waals surface area contributed by atoms with E-state index in [0.717, 1.165) is 10.4 Å². The Morgan fingerprint density at radius 3 is 2.52 bits per heavy atom. The first-order valence-electron chi connectivity index (χ1n) is 11.2. The van der Waals surface area contributed by atoms with Crippen molar-refractivity contribution in [3.63, 3.8) is 0 Å². The van der Waals surface area contributed by atoms with Gasteiger partial charge in [0.05, 0.1) is 6.04 Å². The van der Waals surface area contributed by atoms with E-state index in [-0.39, 0.29) is 5.91 Å². The van der Waals surface area contributed by atoms with Gasteiger partial charge >= 0.3 is 11.9 Å². The van der Waals surface area contributed by atoms with E-state index in [2.05, 4.69) is 5.32 Å². The maximum atomic E-state index is 13.6. The Bertz CT molecular complexity index is 949. The third kappa shape index (κ3) is 6.40. The molecule has 0 saturated heterocycles. The molecule has 0 bridgehead atoms. The average Bonchev–Trinajstić information content (AvgIpc) is 3.28. The Morgan fingerprint density at radius 1 is 1.09 bits per heavy atom. The third-order valence-corrected chi connectivity index (χ3v) is 6.99. The fraction of sp³-hybridized carbons (Fsp3) is 0.458. The highest BCUT2D eigenvalue weighted by molar-refractivity contribution is 7.10. The summed E-state index contributed by atoms with van der Waals surface area (Å²) in [5.41, 5.74) is 7.27. The predicted octanol–water partition coefficient (Wildman–Crippen LogP) is 2.43. The number of aliphatic carboxylic acids is 2. The van der Waals surface area contributed by atoms with Crippen molar-refractivity contribution in [3.05, 3.63) is 57.8 Å². The van der Waals surface area contributed by atoms with Crippen LogP contribution in [0.4, 0.5) is 0 Å². The molecule has 1 aromatic carbocycles. The van der Waals surface area contributed by atoms with Gasteiger partial charge in [0, 0.05) is 11.4 Å². The summed E-state index contributed by atoms with van der Waals surface area (Å²) in [6, 6.07) is 8.56. The Labute approximate surface area is 197 Å². The summed E-state index contributed by atoms with van der Waals surface area (Å²) in [6.07, 6.45) is 3.19. The minimum Gasteiger partial charge on any atom is -0.480 e. The minimum absolute atomic E-state index is 0.292. The zero-order valence-corrected chi connectivity index (χ0v) is 19.3. The highest BCUT2D eigenvalue weighted by Gasteiger charge is 2.39. The largest absolute Gasteiger partial charge is 0.480 e. The first kappa shape index (κ1) is 24.9. The van der Waals surface area contributed by atoms with Crippen LogP contribution in [0.5, 0.6) is 0 Å². The van der Waals surface area contributed by atoms with Crippen LogP contribution < -0.4 is 11.1 Å². The second-order valence-electron chi connectivity index (χ2n) is 8.24. The van der Waals surface area contributed by atoms with Gasteiger partial charge in [0.1, 0.15) is 6.04 Å². The lowest BCUT2D eigenvalue weighted by molar-refractivity contribution is -0.152. The number of fused-ring (bicyclic) bond motifs is 1. The molecule has 3 atom stereocenters. The Kier molecular flexibility index (Phi) is 8.99. The molecule has 0 aliphatic carbocycles. The number of rotatable bonds is 12. The van der Waals surface area contributed by atoms with Gasteiger partial charge in [0.15, 0.2) is 6.04 Å². The van der Waals surface area contributed by atoms with Crippen molar-refractivity contribution in [2.24, 2.45) is 5.73 Å². The summed E-state index contributed by atoms with van der Waals surface area (Å²) in [6.45, 7) is 0.761. The van der Waals surface area contributed by atoms with Crippen LogP contribution in [-0.2, 0) is 27.2 Å². The van der Waals surface area contributed by atoms with Gasteiger partial charge in [-0.15, -0.1) is 11.3 Å². The number of carbonyl (C=O) groups is 3. The molecule has 0 saturated carbocycles. The van der Waals surface area contributed by atoms with E-state index < -0.39 is 30.1 Å².